The Kier molecular flexibility index (Phi) is 9.71. The summed E-state index contributed by atoms with van der Waals surface area (Å²) in [4.78, 5) is 46.1. The van der Waals surface area contributed by atoms with Gasteiger partial charge in [-0.15, -0.1) is 22.7 Å². The van der Waals surface area contributed by atoms with Gasteiger partial charge in [-0.05, 0) is 69.3 Å². The molecule has 3 aliphatic heterocycles. The number of piperidine rings is 2. The summed E-state index contributed by atoms with van der Waals surface area (Å²) in [5.41, 5.74) is 0. The Labute approximate surface area is 253 Å². The second-order valence-electron chi connectivity index (χ2n) is 10.7. The number of halogens is 1. The highest BCUT2D eigenvalue weighted by atomic mass is 35.5. The highest BCUT2D eigenvalue weighted by molar-refractivity contribution is 7.91. The van der Waals surface area contributed by atoms with Crippen LogP contribution in [0.5, 0.6) is 0 Å². The number of sulfonamides is 1. The van der Waals surface area contributed by atoms with Gasteiger partial charge in [-0.3, -0.25) is 19.3 Å². The SMILES string of the molecule is COC(=O)C1CCCCN1C[C@@H]1CCCN1C(=O)CN1CCC[C@H](NS(=O)(=O)c2ccc(-c3ccc(Cl)s3)s2)C1=O. The molecule has 3 saturated heterocycles. The molecule has 5 heterocycles. The van der Waals surface area contributed by atoms with Crippen LogP contribution in [-0.4, -0.2) is 98.9 Å². The number of esters is 1. The average Bonchev–Trinajstić information content (AvgIpc) is 3.72. The number of ether oxygens (including phenoxy) is 1. The number of nitrogens with zero attached hydrogens (tertiary/aromatic N) is 3. The minimum Gasteiger partial charge on any atom is -0.468 e. The molecule has 0 bridgehead atoms. The number of hydrogen-bond donors (Lipinski definition) is 1. The van der Waals surface area contributed by atoms with Crippen LogP contribution in [0, 0.1) is 0 Å². The van der Waals surface area contributed by atoms with Crippen LogP contribution in [0.3, 0.4) is 0 Å². The number of thiophene rings is 2. The molecule has 1 N–H and O–H groups in total. The fourth-order valence-corrected chi connectivity index (χ4v) is 9.67. The summed E-state index contributed by atoms with van der Waals surface area (Å²) in [6.07, 6.45) is 5.40. The number of carbonyl (C=O) groups excluding carboxylic acids is 3. The summed E-state index contributed by atoms with van der Waals surface area (Å²) in [5, 5.41) is 0. The molecule has 2 amide bonds. The zero-order valence-corrected chi connectivity index (χ0v) is 26.1. The molecule has 10 nitrogen and oxygen atoms in total. The summed E-state index contributed by atoms with van der Waals surface area (Å²) in [6, 6.07) is 5.63. The van der Waals surface area contributed by atoms with Gasteiger partial charge in [0, 0.05) is 35.4 Å². The predicted octanol–water partition coefficient (Wildman–Crippen LogP) is 3.42. The van der Waals surface area contributed by atoms with Crippen LogP contribution >= 0.6 is 34.3 Å². The van der Waals surface area contributed by atoms with E-state index in [1.807, 2.05) is 11.0 Å². The van der Waals surface area contributed by atoms with E-state index in [0.717, 1.165) is 59.7 Å². The van der Waals surface area contributed by atoms with Gasteiger partial charge in [-0.2, -0.15) is 4.72 Å². The van der Waals surface area contributed by atoms with E-state index >= 15 is 0 Å². The Balaban J connectivity index is 1.20. The fraction of sp³-hybridized carbons (Fsp3) is 0.593. The Morgan fingerprint density at radius 1 is 1.00 bits per heavy atom. The first-order valence-corrected chi connectivity index (χ1v) is 17.4. The Morgan fingerprint density at radius 3 is 2.51 bits per heavy atom. The molecule has 41 heavy (non-hydrogen) atoms. The second kappa shape index (κ2) is 13.1. The molecule has 3 fully saturated rings. The molecule has 0 radical (unpaired) electrons. The standard InChI is InChI=1S/C27H35ClN4O6S3/c1-38-27(35)20-8-2-3-13-30(20)16-18-6-4-15-32(18)24(33)17-31-14-5-7-19(26(31)34)29-41(36,37)25-12-10-22(40-25)21-9-11-23(28)39-21/h9-12,18-20,29H,2-8,13-17H2,1H3/t18-,19-,20?/m0/s1. The van der Waals surface area contributed by atoms with Crippen molar-refractivity contribution in [2.24, 2.45) is 0 Å². The monoisotopic (exact) mass is 642 g/mol. The Morgan fingerprint density at radius 2 is 1.76 bits per heavy atom. The molecule has 5 rings (SSSR count). The summed E-state index contributed by atoms with van der Waals surface area (Å²) in [5.74, 6) is -0.760. The third kappa shape index (κ3) is 6.97. The maximum atomic E-state index is 13.4. The third-order valence-electron chi connectivity index (χ3n) is 8.05. The van der Waals surface area contributed by atoms with Crippen molar-refractivity contribution in [3.05, 3.63) is 28.6 Å². The predicted molar refractivity (Wildman–Crippen MR) is 159 cm³/mol. The first-order chi connectivity index (χ1) is 19.7. The van der Waals surface area contributed by atoms with E-state index in [-0.39, 0.29) is 40.6 Å². The largest absolute Gasteiger partial charge is 0.468 e. The van der Waals surface area contributed by atoms with Crippen LogP contribution in [0.25, 0.3) is 9.75 Å². The van der Waals surface area contributed by atoms with Gasteiger partial charge < -0.3 is 14.5 Å². The Hall–Kier alpha value is -2.03. The third-order valence-corrected chi connectivity index (χ3v) is 12.5. The summed E-state index contributed by atoms with van der Waals surface area (Å²) >= 11 is 8.52. The molecule has 2 aromatic rings. The van der Waals surface area contributed by atoms with E-state index in [1.54, 1.807) is 12.1 Å². The lowest BCUT2D eigenvalue weighted by atomic mass is 10.0. The van der Waals surface area contributed by atoms with Crippen LogP contribution in [-0.2, 0) is 29.1 Å². The van der Waals surface area contributed by atoms with Crippen molar-refractivity contribution in [3.63, 3.8) is 0 Å². The van der Waals surface area contributed by atoms with Crippen molar-refractivity contribution in [1.82, 2.24) is 19.4 Å². The number of rotatable bonds is 9. The molecule has 2 aromatic heterocycles. The lowest BCUT2D eigenvalue weighted by molar-refractivity contribution is -0.149. The van der Waals surface area contributed by atoms with Gasteiger partial charge in [0.1, 0.15) is 16.3 Å². The smallest absolute Gasteiger partial charge is 0.323 e. The van der Waals surface area contributed by atoms with Crippen molar-refractivity contribution in [1.29, 1.82) is 0 Å². The first-order valence-electron chi connectivity index (χ1n) is 13.9. The van der Waals surface area contributed by atoms with Gasteiger partial charge in [0.2, 0.25) is 11.8 Å². The zero-order valence-electron chi connectivity index (χ0n) is 22.9. The van der Waals surface area contributed by atoms with Crippen LogP contribution in [0.1, 0.15) is 44.9 Å². The van der Waals surface area contributed by atoms with Crippen molar-refractivity contribution < 1.29 is 27.5 Å². The molecule has 0 spiro atoms. The minimum absolute atomic E-state index is 0.0341. The molecule has 3 atom stereocenters. The second-order valence-corrected chi connectivity index (χ2v) is 15.5. The molecule has 3 aliphatic rings. The number of likely N-dealkylation sites (tertiary alicyclic amines) is 3. The first kappa shape index (κ1) is 30.4. The lowest BCUT2D eigenvalue weighted by Crippen LogP contribution is -2.56. The highest BCUT2D eigenvalue weighted by Gasteiger charge is 2.38. The summed E-state index contributed by atoms with van der Waals surface area (Å²) < 4.78 is 34.6. The number of carbonyl (C=O) groups is 3. The van der Waals surface area contributed by atoms with E-state index in [9.17, 15) is 22.8 Å². The van der Waals surface area contributed by atoms with Crippen molar-refractivity contribution >= 4 is 62.1 Å². The van der Waals surface area contributed by atoms with Gasteiger partial charge in [-0.25, -0.2) is 8.42 Å². The molecule has 0 aromatic carbocycles. The summed E-state index contributed by atoms with van der Waals surface area (Å²) in [6.45, 7) is 2.31. The van der Waals surface area contributed by atoms with Crippen LogP contribution in [0.4, 0.5) is 0 Å². The van der Waals surface area contributed by atoms with Crippen LogP contribution in [0.15, 0.2) is 28.5 Å². The van der Waals surface area contributed by atoms with Crippen LogP contribution < -0.4 is 4.72 Å². The number of hydrogen-bond acceptors (Lipinski definition) is 9. The molecule has 1 unspecified atom stereocenters. The van der Waals surface area contributed by atoms with E-state index < -0.39 is 16.1 Å². The topological polar surface area (TPSA) is 116 Å². The summed E-state index contributed by atoms with van der Waals surface area (Å²) in [7, 11) is -2.52. The molecule has 224 valence electrons. The zero-order chi connectivity index (χ0) is 29.1. The molecule has 14 heteroatoms. The molecular formula is C27H35ClN4O6S3. The van der Waals surface area contributed by atoms with Gasteiger partial charge in [0.15, 0.2) is 0 Å². The van der Waals surface area contributed by atoms with E-state index in [0.29, 0.717) is 36.8 Å². The van der Waals surface area contributed by atoms with E-state index in [2.05, 4.69) is 9.62 Å². The van der Waals surface area contributed by atoms with E-state index in [1.165, 1.54) is 29.4 Å². The Bertz CT molecular complexity index is 1380. The van der Waals surface area contributed by atoms with Gasteiger partial charge in [-0.1, -0.05) is 18.0 Å². The van der Waals surface area contributed by atoms with Gasteiger partial charge >= 0.3 is 5.97 Å². The molecular weight excluding hydrogens is 608 g/mol. The molecule has 0 aliphatic carbocycles. The van der Waals surface area contributed by atoms with Gasteiger partial charge in [0.25, 0.3) is 10.0 Å². The lowest BCUT2D eigenvalue weighted by Gasteiger charge is -2.38. The van der Waals surface area contributed by atoms with Crippen molar-refractivity contribution in [2.75, 3.05) is 39.8 Å². The number of methoxy groups -OCH3 is 1. The normalized spacial score (nSPS) is 24.1. The maximum absolute atomic E-state index is 13.4. The molecule has 0 saturated carbocycles. The number of nitrogens with one attached hydrogen (secondary N) is 1. The maximum Gasteiger partial charge on any atom is 0.323 e. The van der Waals surface area contributed by atoms with Crippen LogP contribution in [0.2, 0.25) is 4.34 Å². The average molecular weight is 643 g/mol. The fourth-order valence-electron chi connectivity index (χ4n) is 5.99. The van der Waals surface area contributed by atoms with Crippen molar-refractivity contribution in [2.45, 2.75) is 67.3 Å². The highest BCUT2D eigenvalue weighted by Crippen LogP contribution is 2.37. The number of amides is 2. The minimum atomic E-state index is -3.93. The van der Waals surface area contributed by atoms with Crippen molar-refractivity contribution in [3.8, 4) is 9.75 Å². The van der Waals surface area contributed by atoms with Gasteiger partial charge in [0.05, 0.1) is 18.0 Å². The quantitative estimate of drug-likeness (QED) is 0.417. The van der Waals surface area contributed by atoms with E-state index in [4.69, 9.17) is 16.3 Å².